The van der Waals surface area contributed by atoms with Crippen LogP contribution < -0.4 is 0 Å². The number of esters is 1. The number of rotatable bonds is 3. The first-order valence-corrected chi connectivity index (χ1v) is 6.76. The quantitative estimate of drug-likeness (QED) is 0.444. The van der Waals surface area contributed by atoms with Crippen LogP contribution in [0.4, 0.5) is 0 Å². The van der Waals surface area contributed by atoms with Crippen molar-refractivity contribution in [3.05, 3.63) is 11.8 Å². The van der Waals surface area contributed by atoms with Gasteiger partial charge in [0.1, 0.15) is 6.61 Å². The second kappa shape index (κ2) is 4.57. The summed E-state index contributed by atoms with van der Waals surface area (Å²) in [6.07, 6.45) is 2.22. The van der Waals surface area contributed by atoms with E-state index in [1.54, 1.807) is 22.9 Å². The van der Waals surface area contributed by atoms with Crippen LogP contribution >= 0.6 is 27.7 Å². The zero-order valence-electron chi connectivity index (χ0n) is 7.94. The molecular weight excluding hydrogens is 282 g/mol. The summed E-state index contributed by atoms with van der Waals surface area (Å²) in [6.45, 7) is 0.359. The molecule has 6 heteroatoms. The van der Waals surface area contributed by atoms with Crippen molar-refractivity contribution in [3.63, 3.8) is 0 Å². The number of amides is 1. The Hall–Kier alpha value is -0.490. The average Bonchev–Trinajstić information content (AvgIpc) is 2.24. The maximum absolute atomic E-state index is 11.5. The van der Waals surface area contributed by atoms with Gasteiger partial charge in [-0.25, -0.2) is 4.79 Å². The highest BCUT2D eigenvalue weighted by Gasteiger charge is 2.39. The lowest BCUT2D eigenvalue weighted by atomic mass is 10.2. The maximum Gasteiger partial charge on any atom is 0.336 e. The summed E-state index contributed by atoms with van der Waals surface area (Å²) in [5.74, 6) is 0.397. The SMILES string of the molecule is O=C(OCCBr)C1=CN2C(=O)C[C@@H]2SC1. The fourth-order valence-electron chi connectivity index (χ4n) is 1.42. The average molecular weight is 292 g/mol. The van der Waals surface area contributed by atoms with Gasteiger partial charge < -0.3 is 9.64 Å². The van der Waals surface area contributed by atoms with Crippen LogP contribution in [0.3, 0.4) is 0 Å². The molecule has 1 atom stereocenters. The van der Waals surface area contributed by atoms with Gasteiger partial charge >= 0.3 is 5.97 Å². The molecule has 15 heavy (non-hydrogen) atoms. The highest BCUT2D eigenvalue weighted by atomic mass is 79.9. The van der Waals surface area contributed by atoms with Crippen LogP contribution in [-0.4, -0.2) is 39.8 Å². The Morgan fingerprint density at radius 3 is 3.20 bits per heavy atom. The molecule has 0 unspecified atom stereocenters. The van der Waals surface area contributed by atoms with Crippen molar-refractivity contribution in [1.29, 1.82) is 0 Å². The molecule has 0 saturated carbocycles. The first-order chi connectivity index (χ1) is 7.22. The number of hydrogen-bond donors (Lipinski definition) is 0. The molecule has 0 N–H and O–H groups in total. The Bertz CT molecular complexity index is 331. The Kier molecular flexibility index (Phi) is 3.35. The molecule has 0 aromatic heterocycles. The Morgan fingerprint density at radius 1 is 1.73 bits per heavy atom. The van der Waals surface area contributed by atoms with Gasteiger partial charge in [0, 0.05) is 17.3 Å². The third-order valence-electron chi connectivity index (χ3n) is 2.25. The van der Waals surface area contributed by atoms with Crippen LogP contribution in [0.15, 0.2) is 11.8 Å². The van der Waals surface area contributed by atoms with Crippen LogP contribution in [0.2, 0.25) is 0 Å². The third-order valence-corrected chi connectivity index (χ3v) is 3.83. The van der Waals surface area contributed by atoms with E-state index in [2.05, 4.69) is 15.9 Å². The number of halogens is 1. The lowest BCUT2D eigenvalue weighted by molar-refractivity contribution is -0.139. The van der Waals surface area contributed by atoms with Crippen molar-refractivity contribution >= 4 is 39.6 Å². The molecule has 82 valence electrons. The number of carbonyl (C=O) groups excluding carboxylic acids is 2. The van der Waals surface area contributed by atoms with Crippen molar-refractivity contribution in [2.24, 2.45) is 0 Å². The fraction of sp³-hybridized carbons (Fsp3) is 0.556. The summed E-state index contributed by atoms with van der Waals surface area (Å²) >= 11 is 4.79. The van der Waals surface area contributed by atoms with Crippen molar-refractivity contribution in [2.45, 2.75) is 11.8 Å². The van der Waals surface area contributed by atoms with E-state index in [1.165, 1.54) is 0 Å². The van der Waals surface area contributed by atoms with E-state index in [0.29, 0.717) is 29.7 Å². The molecule has 0 aromatic carbocycles. The van der Waals surface area contributed by atoms with Crippen LogP contribution in [-0.2, 0) is 14.3 Å². The monoisotopic (exact) mass is 291 g/mol. The zero-order chi connectivity index (χ0) is 10.8. The number of fused-ring (bicyclic) bond motifs is 1. The van der Waals surface area contributed by atoms with Gasteiger partial charge in [-0.1, -0.05) is 15.9 Å². The highest BCUT2D eigenvalue weighted by molar-refractivity contribution is 9.09. The van der Waals surface area contributed by atoms with Gasteiger partial charge in [0.15, 0.2) is 0 Å². The van der Waals surface area contributed by atoms with Crippen molar-refractivity contribution < 1.29 is 14.3 Å². The Labute approximate surface area is 100 Å². The van der Waals surface area contributed by atoms with E-state index in [4.69, 9.17) is 4.74 Å². The molecule has 0 aromatic rings. The number of hydrogen-bond acceptors (Lipinski definition) is 4. The van der Waals surface area contributed by atoms with Gasteiger partial charge in [-0.3, -0.25) is 4.79 Å². The molecular formula is C9H10BrNO3S. The van der Waals surface area contributed by atoms with Gasteiger partial charge in [-0.2, -0.15) is 0 Å². The topological polar surface area (TPSA) is 46.6 Å². The van der Waals surface area contributed by atoms with Crippen molar-refractivity contribution in [3.8, 4) is 0 Å². The fourth-order valence-corrected chi connectivity index (χ4v) is 2.75. The van der Waals surface area contributed by atoms with E-state index >= 15 is 0 Å². The molecule has 0 radical (unpaired) electrons. The number of thioether (sulfide) groups is 1. The first-order valence-electron chi connectivity index (χ1n) is 4.59. The predicted molar refractivity (Wildman–Crippen MR) is 60.5 cm³/mol. The smallest absolute Gasteiger partial charge is 0.336 e. The van der Waals surface area contributed by atoms with Gasteiger partial charge in [0.25, 0.3) is 0 Å². The highest BCUT2D eigenvalue weighted by Crippen LogP contribution is 2.35. The molecule has 2 aliphatic heterocycles. The minimum absolute atomic E-state index is 0.0815. The molecule has 2 heterocycles. The second-order valence-corrected chi connectivity index (χ2v) is 5.21. The standard InChI is InChI=1S/C9H10BrNO3S/c10-1-2-14-9(13)6-4-11-7(12)3-8(11)15-5-6/h4,8H,1-3,5H2/t8-/m0/s1. The Morgan fingerprint density at radius 2 is 2.53 bits per heavy atom. The van der Waals surface area contributed by atoms with E-state index in [1.807, 2.05) is 0 Å². The summed E-state index contributed by atoms with van der Waals surface area (Å²) in [7, 11) is 0. The molecule has 1 fully saturated rings. The largest absolute Gasteiger partial charge is 0.461 e. The number of β-lactam (4-membered cyclic amide) rings is 1. The van der Waals surface area contributed by atoms with Gasteiger partial charge in [-0.05, 0) is 0 Å². The lowest BCUT2D eigenvalue weighted by Crippen LogP contribution is -2.49. The van der Waals surface area contributed by atoms with Gasteiger partial charge in [0.2, 0.25) is 5.91 Å². The summed E-state index contributed by atoms with van der Waals surface area (Å²) in [5, 5.41) is 0.870. The van der Waals surface area contributed by atoms with Crippen LogP contribution in [0.25, 0.3) is 0 Å². The number of carbonyl (C=O) groups is 2. The van der Waals surface area contributed by atoms with Crippen LogP contribution in [0, 0.1) is 0 Å². The van der Waals surface area contributed by atoms with E-state index < -0.39 is 0 Å². The number of alkyl halides is 1. The zero-order valence-corrected chi connectivity index (χ0v) is 10.3. The summed E-state index contributed by atoms with van der Waals surface area (Å²) < 4.78 is 4.97. The van der Waals surface area contributed by atoms with E-state index in [-0.39, 0.29) is 17.3 Å². The molecule has 1 amide bonds. The van der Waals surface area contributed by atoms with Gasteiger partial charge in [-0.15, -0.1) is 11.8 Å². The van der Waals surface area contributed by atoms with E-state index in [0.717, 1.165) is 0 Å². The predicted octanol–water partition coefficient (Wildman–Crippen LogP) is 1.11. The molecule has 0 bridgehead atoms. The van der Waals surface area contributed by atoms with Crippen LogP contribution in [0.1, 0.15) is 6.42 Å². The maximum atomic E-state index is 11.5. The van der Waals surface area contributed by atoms with Gasteiger partial charge in [0.05, 0.1) is 17.4 Å². The molecule has 0 spiro atoms. The van der Waals surface area contributed by atoms with Crippen molar-refractivity contribution in [2.75, 3.05) is 17.7 Å². The lowest BCUT2D eigenvalue weighted by Gasteiger charge is -2.40. The minimum Gasteiger partial charge on any atom is -0.461 e. The summed E-state index contributed by atoms with van der Waals surface area (Å²) in [4.78, 5) is 24.2. The molecule has 0 aliphatic carbocycles. The van der Waals surface area contributed by atoms with E-state index in [9.17, 15) is 9.59 Å². The summed E-state index contributed by atoms with van der Waals surface area (Å²) in [5.41, 5.74) is 0.574. The first kappa shape index (κ1) is 11.0. The third kappa shape index (κ3) is 2.20. The summed E-state index contributed by atoms with van der Waals surface area (Å²) in [6, 6.07) is 0. The number of ether oxygens (including phenoxy) is 1. The molecule has 2 rings (SSSR count). The molecule has 2 aliphatic rings. The normalized spacial score (nSPS) is 24.1. The number of nitrogens with zero attached hydrogens (tertiary/aromatic N) is 1. The molecule has 1 saturated heterocycles. The second-order valence-electron chi connectivity index (χ2n) is 3.25. The minimum atomic E-state index is -0.319. The van der Waals surface area contributed by atoms with Crippen LogP contribution in [0.5, 0.6) is 0 Å². The molecule has 4 nitrogen and oxygen atoms in total. The van der Waals surface area contributed by atoms with Crippen molar-refractivity contribution in [1.82, 2.24) is 4.90 Å². The Balaban J connectivity index is 1.97.